The smallest absolute Gasteiger partial charge is 0.257 e. The normalized spacial score (nSPS) is 24.2. The van der Waals surface area contributed by atoms with Crippen LogP contribution < -0.4 is 15.0 Å². The van der Waals surface area contributed by atoms with Crippen LogP contribution in [-0.2, 0) is 4.74 Å². The van der Waals surface area contributed by atoms with Crippen molar-refractivity contribution < 1.29 is 9.47 Å². The summed E-state index contributed by atoms with van der Waals surface area (Å²) in [4.78, 5) is 10.9. The van der Waals surface area contributed by atoms with E-state index in [4.69, 9.17) is 9.47 Å². The van der Waals surface area contributed by atoms with Gasteiger partial charge in [0.15, 0.2) is 5.82 Å². The first-order valence-electron chi connectivity index (χ1n) is 6.44. The highest BCUT2D eigenvalue weighted by Crippen LogP contribution is 2.25. The van der Waals surface area contributed by atoms with Crippen LogP contribution in [0, 0.1) is 0 Å². The van der Waals surface area contributed by atoms with Crippen molar-refractivity contribution in [3.8, 4) is 5.88 Å². The molecular weight excluding hydrogens is 232 g/mol. The van der Waals surface area contributed by atoms with Crippen LogP contribution in [0.2, 0.25) is 0 Å². The lowest BCUT2D eigenvalue weighted by Crippen LogP contribution is -2.44. The number of nitrogens with zero attached hydrogens (tertiary/aromatic N) is 3. The third-order valence-electron chi connectivity index (χ3n) is 3.23. The standard InChI is InChI=1S/C12H18N4O2/c1-8-17-9-10(1)18-12-11(14-2-3-15-12)16-6-4-13-5-7-16/h2-3,10,13H,1,4-9H2. The number of piperazine rings is 1. The number of aromatic nitrogens is 2. The molecule has 2 aliphatic heterocycles. The Morgan fingerprint density at radius 1 is 1.28 bits per heavy atom. The molecule has 0 amide bonds. The molecule has 1 N–H and O–H groups in total. The van der Waals surface area contributed by atoms with Gasteiger partial charge in [-0.3, -0.25) is 0 Å². The van der Waals surface area contributed by atoms with Crippen molar-refractivity contribution in [1.29, 1.82) is 0 Å². The maximum atomic E-state index is 5.90. The average Bonchev–Trinajstić information content (AvgIpc) is 2.93. The molecule has 2 saturated heterocycles. The first-order chi connectivity index (χ1) is 8.93. The largest absolute Gasteiger partial charge is 0.469 e. The Morgan fingerprint density at radius 2 is 2.11 bits per heavy atom. The summed E-state index contributed by atoms with van der Waals surface area (Å²) < 4.78 is 11.2. The van der Waals surface area contributed by atoms with Crippen LogP contribution in [-0.4, -0.2) is 55.5 Å². The van der Waals surface area contributed by atoms with Gasteiger partial charge in [-0.2, -0.15) is 0 Å². The quantitative estimate of drug-likeness (QED) is 0.818. The monoisotopic (exact) mass is 250 g/mol. The van der Waals surface area contributed by atoms with Crippen LogP contribution in [0.25, 0.3) is 0 Å². The van der Waals surface area contributed by atoms with Crippen molar-refractivity contribution in [2.24, 2.45) is 0 Å². The van der Waals surface area contributed by atoms with Gasteiger partial charge in [0.25, 0.3) is 5.88 Å². The number of nitrogens with one attached hydrogen (secondary N) is 1. The second kappa shape index (κ2) is 5.49. The van der Waals surface area contributed by atoms with E-state index in [9.17, 15) is 0 Å². The van der Waals surface area contributed by atoms with E-state index in [0.717, 1.165) is 45.0 Å². The van der Waals surface area contributed by atoms with Crippen LogP contribution in [0.1, 0.15) is 6.42 Å². The van der Waals surface area contributed by atoms with Crippen LogP contribution in [0.3, 0.4) is 0 Å². The molecule has 1 unspecified atom stereocenters. The Labute approximate surface area is 106 Å². The van der Waals surface area contributed by atoms with Crippen LogP contribution >= 0.6 is 0 Å². The number of anilines is 1. The lowest BCUT2D eigenvalue weighted by atomic mass is 10.3. The van der Waals surface area contributed by atoms with Crippen LogP contribution in [0.4, 0.5) is 5.82 Å². The minimum absolute atomic E-state index is 0.114. The molecule has 0 saturated carbocycles. The van der Waals surface area contributed by atoms with Crippen LogP contribution in [0.5, 0.6) is 5.88 Å². The lowest BCUT2D eigenvalue weighted by molar-refractivity contribution is 0.138. The molecule has 2 aliphatic rings. The van der Waals surface area contributed by atoms with Crippen LogP contribution in [0.15, 0.2) is 12.4 Å². The van der Waals surface area contributed by atoms with Gasteiger partial charge >= 0.3 is 0 Å². The van der Waals surface area contributed by atoms with E-state index in [-0.39, 0.29) is 6.10 Å². The van der Waals surface area contributed by atoms with E-state index in [1.54, 1.807) is 12.4 Å². The molecule has 0 aliphatic carbocycles. The summed E-state index contributed by atoms with van der Waals surface area (Å²) >= 11 is 0. The Kier molecular flexibility index (Phi) is 3.56. The summed E-state index contributed by atoms with van der Waals surface area (Å²) in [6, 6.07) is 0. The molecule has 3 rings (SSSR count). The molecule has 98 valence electrons. The molecule has 0 radical (unpaired) electrons. The van der Waals surface area contributed by atoms with Gasteiger partial charge < -0.3 is 19.7 Å². The predicted octanol–water partition coefficient (Wildman–Crippen LogP) is 0.0539. The van der Waals surface area contributed by atoms with Crippen molar-refractivity contribution in [2.45, 2.75) is 12.5 Å². The Morgan fingerprint density at radius 3 is 2.89 bits per heavy atom. The first kappa shape index (κ1) is 11.7. The van der Waals surface area contributed by atoms with Crippen molar-refractivity contribution in [3.05, 3.63) is 12.4 Å². The van der Waals surface area contributed by atoms with Gasteiger partial charge in [0.1, 0.15) is 6.10 Å². The minimum Gasteiger partial charge on any atom is -0.469 e. The highest BCUT2D eigenvalue weighted by molar-refractivity contribution is 5.48. The molecule has 18 heavy (non-hydrogen) atoms. The van der Waals surface area contributed by atoms with Gasteiger partial charge in [0, 0.05) is 45.0 Å². The maximum absolute atomic E-state index is 5.90. The summed E-state index contributed by atoms with van der Waals surface area (Å²) in [6.45, 7) is 5.25. The van der Waals surface area contributed by atoms with E-state index in [1.807, 2.05) is 0 Å². The van der Waals surface area contributed by atoms with Crippen molar-refractivity contribution in [2.75, 3.05) is 44.3 Å². The van der Waals surface area contributed by atoms with E-state index in [0.29, 0.717) is 12.5 Å². The molecule has 1 aromatic heterocycles. The van der Waals surface area contributed by atoms with Gasteiger partial charge in [0.05, 0.1) is 13.2 Å². The van der Waals surface area contributed by atoms with E-state index >= 15 is 0 Å². The molecule has 6 nitrogen and oxygen atoms in total. The second-order valence-electron chi connectivity index (χ2n) is 4.53. The molecular formula is C12H18N4O2. The number of hydrogen-bond acceptors (Lipinski definition) is 6. The zero-order valence-electron chi connectivity index (χ0n) is 10.3. The Bertz CT molecular complexity index is 389. The summed E-state index contributed by atoms with van der Waals surface area (Å²) in [5.74, 6) is 1.49. The van der Waals surface area contributed by atoms with Gasteiger partial charge in [-0.15, -0.1) is 0 Å². The second-order valence-corrected chi connectivity index (χ2v) is 4.53. The molecule has 2 fully saturated rings. The minimum atomic E-state index is 0.114. The summed E-state index contributed by atoms with van der Waals surface area (Å²) in [7, 11) is 0. The fraction of sp³-hybridized carbons (Fsp3) is 0.667. The van der Waals surface area contributed by atoms with Crippen molar-refractivity contribution in [1.82, 2.24) is 15.3 Å². The van der Waals surface area contributed by atoms with Gasteiger partial charge in [-0.1, -0.05) is 0 Å². The maximum Gasteiger partial charge on any atom is 0.257 e. The summed E-state index contributed by atoms with van der Waals surface area (Å²) in [5.41, 5.74) is 0. The molecule has 6 heteroatoms. The van der Waals surface area contributed by atoms with Gasteiger partial charge in [-0.05, 0) is 0 Å². The molecule has 1 aromatic rings. The van der Waals surface area contributed by atoms with Crippen molar-refractivity contribution in [3.63, 3.8) is 0 Å². The zero-order chi connectivity index (χ0) is 12.2. The summed E-state index contributed by atoms with van der Waals surface area (Å²) in [5, 5.41) is 3.33. The first-order valence-corrected chi connectivity index (χ1v) is 6.44. The molecule has 3 heterocycles. The van der Waals surface area contributed by atoms with Gasteiger partial charge in [0.2, 0.25) is 0 Å². The van der Waals surface area contributed by atoms with Crippen molar-refractivity contribution >= 4 is 5.82 Å². The lowest BCUT2D eigenvalue weighted by Gasteiger charge is -2.29. The highest BCUT2D eigenvalue weighted by atomic mass is 16.5. The molecule has 1 atom stereocenters. The fourth-order valence-corrected chi connectivity index (χ4v) is 2.26. The zero-order valence-corrected chi connectivity index (χ0v) is 10.3. The van der Waals surface area contributed by atoms with E-state index in [2.05, 4.69) is 20.2 Å². The molecule has 0 spiro atoms. The third kappa shape index (κ3) is 2.54. The SMILES string of the molecule is c1cnc(N2CCNCC2)c(OC2CCOC2)n1. The third-order valence-corrected chi connectivity index (χ3v) is 3.23. The van der Waals surface area contributed by atoms with Gasteiger partial charge in [-0.25, -0.2) is 9.97 Å². The number of hydrogen-bond donors (Lipinski definition) is 1. The van der Waals surface area contributed by atoms with E-state index < -0.39 is 0 Å². The predicted molar refractivity (Wildman–Crippen MR) is 67.0 cm³/mol. The average molecular weight is 250 g/mol. The Hall–Kier alpha value is -1.40. The summed E-state index contributed by atoms with van der Waals surface area (Å²) in [6.07, 6.45) is 4.44. The Balaban J connectivity index is 1.75. The number of ether oxygens (including phenoxy) is 2. The number of rotatable bonds is 3. The van der Waals surface area contributed by atoms with E-state index in [1.165, 1.54) is 0 Å². The molecule has 0 aromatic carbocycles. The topological polar surface area (TPSA) is 59.5 Å². The molecule has 0 bridgehead atoms. The highest BCUT2D eigenvalue weighted by Gasteiger charge is 2.22. The fourth-order valence-electron chi connectivity index (χ4n) is 2.26.